The lowest BCUT2D eigenvalue weighted by Crippen LogP contribution is -2.10. The maximum atomic E-state index is 12.6. The van der Waals surface area contributed by atoms with Crippen molar-refractivity contribution in [3.63, 3.8) is 0 Å². The third-order valence-corrected chi connectivity index (χ3v) is 6.99. The van der Waals surface area contributed by atoms with E-state index in [2.05, 4.69) is 26.2 Å². The predicted octanol–water partition coefficient (Wildman–Crippen LogP) is 5.55. The van der Waals surface area contributed by atoms with E-state index in [0.29, 0.717) is 26.3 Å². The molecule has 4 rings (SSSR count). The Balaban J connectivity index is 1.65. The molecule has 1 aliphatic rings. The van der Waals surface area contributed by atoms with Crippen LogP contribution in [0.4, 0.5) is 5.13 Å². The van der Waals surface area contributed by atoms with Crippen molar-refractivity contribution in [1.29, 1.82) is 0 Å². The minimum absolute atomic E-state index is 0.110. The Bertz CT molecular complexity index is 996. The molecule has 1 aromatic carbocycles. The molecule has 3 aromatic rings. The second-order valence-electron chi connectivity index (χ2n) is 5.41. The van der Waals surface area contributed by atoms with Gasteiger partial charge in [-0.2, -0.15) is 0 Å². The van der Waals surface area contributed by atoms with Crippen LogP contribution in [0.25, 0.3) is 10.1 Å². The average molecular weight is 442 g/mol. The average Bonchev–Trinajstić information content (AvgIpc) is 3.09. The van der Waals surface area contributed by atoms with Crippen molar-refractivity contribution >= 4 is 77.1 Å². The van der Waals surface area contributed by atoms with E-state index in [9.17, 15) is 9.59 Å². The summed E-state index contributed by atoms with van der Waals surface area (Å²) in [7, 11) is 0. The molecule has 4 nitrogen and oxygen atoms in total. The van der Waals surface area contributed by atoms with Crippen molar-refractivity contribution in [1.82, 2.24) is 4.98 Å². The fourth-order valence-corrected chi connectivity index (χ4v) is 5.60. The van der Waals surface area contributed by atoms with E-state index in [1.165, 1.54) is 22.7 Å². The number of Topliss-reactive ketones (excluding diaryl/α,β-unsaturated/α-hetero) is 1. The number of benzene rings is 1. The van der Waals surface area contributed by atoms with Crippen LogP contribution in [0, 0.1) is 0 Å². The third kappa shape index (κ3) is 2.79. The number of carbonyl (C=O) groups is 2. The highest BCUT2D eigenvalue weighted by Gasteiger charge is 2.24. The fraction of sp³-hybridized carbons (Fsp3) is 0.188. The molecule has 2 heterocycles. The lowest BCUT2D eigenvalue weighted by molar-refractivity contribution is 0.0975. The van der Waals surface area contributed by atoms with Gasteiger partial charge < -0.3 is 0 Å². The van der Waals surface area contributed by atoms with Crippen LogP contribution in [0.2, 0.25) is 5.02 Å². The highest BCUT2D eigenvalue weighted by Crippen LogP contribution is 2.37. The van der Waals surface area contributed by atoms with Crippen molar-refractivity contribution in [3.8, 4) is 0 Å². The summed E-state index contributed by atoms with van der Waals surface area (Å²) in [5.41, 5.74) is 0.790. The highest BCUT2D eigenvalue weighted by molar-refractivity contribution is 9.10. The molecule has 1 aliphatic carbocycles. The zero-order valence-corrected chi connectivity index (χ0v) is 16.2. The minimum atomic E-state index is -0.295. The number of hydrogen-bond acceptors (Lipinski definition) is 5. The number of aromatic nitrogens is 1. The molecule has 24 heavy (non-hydrogen) atoms. The fourth-order valence-electron chi connectivity index (χ4n) is 2.66. The van der Waals surface area contributed by atoms with Crippen molar-refractivity contribution in [3.05, 3.63) is 43.1 Å². The second kappa shape index (κ2) is 6.22. The molecule has 0 aliphatic heterocycles. The first-order valence-electron chi connectivity index (χ1n) is 7.25. The Morgan fingerprint density at radius 3 is 2.92 bits per heavy atom. The van der Waals surface area contributed by atoms with E-state index in [1.54, 1.807) is 0 Å². The molecule has 8 heteroatoms. The van der Waals surface area contributed by atoms with Gasteiger partial charge in [-0.1, -0.05) is 44.9 Å². The topological polar surface area (TPSA) is 59.1 Å². The molecule has 122 valence electrons. The molecule has 0 fully saturated rings. The number of aryl methyl sites for hydroxylation is 1. The quantitative estimate of drug-likeness (QED) is 0.567. The highest BCUT2D eigenvalue weighted by atomic mass is 79.9. The van der Waals surface area contributed by atoms with Crippen LogP contribution < -0.4 is 5.32 Å². The molecule has 0 atom stereocenters. The van der Waals surface area contributed by atoms with Crippen LogP contribution in [-0.4, -0.2) is 16.7 Å². The summed E-state index contributed by atoms with van der Waals surface area (Å²) < 4.78 is 1.87. The molecule has 0 radical (unpaired) electrons. The van der Waals surface area contributed by atoms with Crippen LogP contribution in [0.3, 0.4) is 0 Å². The number of rotatable bonds is 2. The summed E-state index contributed by atoms with van der Waals surface area (Å²) in [6.45, 7) is 0. The number of nitrogens with one attached hydrogen (secondary N) is 1. The first-order valence-corrected chi connectivity index (χ1v) is 10.0. The van der Waals surface area contributed by atoms with Crippen molar-refractivity contribution in [2.75, 3.05) is 5.32 Å². The van der Waals surface area contributed by atoms with Gasteiger partial charge in [0.05, 0.1) is 15.6 Å². The Hall–Kier alpha value is -1.28. The number of nitrogens with zero attached hydrogens (tertiary/aromatic N) is 1. The maximum absolute atomic E-state index is 12.6. The SMILES string of the molecule is O=C1CCCc2nc(NC(=O)c3sc4cc(Br)ccc4c3Cl)sc21. The van der Waals surface area contributed by atoms with Gasteiger partial charge in [0, 0.05) is 21.0 Å². The normalized spacial score (nSPS) is 14.0. The number of amides is 1. The van der Waals surface area contributed by atoms with Gasteiger partial charge in [-0.15, -0.1) is 11.3 Å². The first-order chi connectivity index (χ1) is 11.5. The number of fused-ring (bicyclic) bond motifs is 2. The molecular weight excluding hydrogens is 432 g/mol. The first kappa shape index (κ1) is 16.2. The van der Waals surface area contributed by atoms with Crippen LogP contribution in [0.1, 0.15) is 37.9 Å². The van der Waals surface area contributed by atoms with Crippen LogP contribution >= 0.6 is 50.2 Å². The Labute approximate surface area is 159 Å². The Morgan fingerprint density at radius 2 is 2.12 bits per heavy atom. The van der Waals surface area contributed by atoms with Gasteiger partial charge in [0.15, 0.2) is 10.9 Å². The van der Waals surface area contributed by atoms with Gasteiger partial charge in [0.25, 0.3) is 5.91 Å². The van der Waals surface area contributed by atoms with Gasteiger partial charge in [0.2, 0.25) is 0 Å². The molecular formula is C16H10BrClN2O2S2. The van der Waals surface area contributed by atoms with Gasteiger partial charge in [-0.3, -0.25) is 14.9 Å². The molecule has 0 bridgehead atoms. The van der Waals surface area contributed by atoms with E-state index in [1.807, 2.05) is 18.2 Å². The lowest BCUT2D eigenvalue weighted by Gasteiger charge is -2.05. The van der Waals surface area contributed by atoms with Crippen molar-refractivity contribution in [2.45, 2.75) is 19.3 Å². The molecule has 1 amide bonds. The summed E-state index contributed by atoms with van der Waals surface area (Å²) in [6, 6.07) is 5.71. The molecule has 2 aromatic heterocycles. The molecule has 1 N–H and O–H groups in total. The molecule has 0 spiro atoms. The number of halogens is 2. The summed E-state index contributed by atoms with van der Waals surface area (Å²) in [4.78, 5) is 30.0. The van der Waals surface area contributed by atoms with Crippen LogP contribution in [0.15, 0.2) is 22.7 Å². The second-order valence-corrected chi connectivity index (χ2v) is 8.76. The molecule has 0 saturated carbocycles. The van der Waals surface area contributed by atoms with E-state index < -0.39 is 0 Å². The van der Waals surface area contributed by atoms with Gasteiger partial charge in [-0.05, 0) is 25.0 Å². The number of carbonyl (C=O) groups excluding carboxylic acids is 2. The number of ketones is 1. The summed E-state index contributed by atoms with van der Waals surface area (Å²) in [5.74, 6) is -0.185. The van der Waals surface area contributed by atoms with Crippen molar-refractivity contribution < 1.29 is 9.59 Å². The van der Waals surface area contributed by atoms with Crippen LogP contribution in [0.5, 0.6) is 0 Å². The zero-order valence-electron chi connectivity index (χ0n) is 12.2. The number of thiazole rings is 1. The Kier molecular flexibility index (Phi) is 4.20. The monoisotopic (exact) mass is 440 g/mol. The Morgan fingerprint density at radius 1 is 1.29 bits per heavy atom. The zero-order chi connectivity index (χ0) is 16.8. The largest absolute Gasteiger partial charge is 0.297 e. The van der Waals surface area contributed by atoms with Gasteiger partial charge in [0.1, 0.15) is 4.88 Å². The van der Waals surface area contributed by atoms with E-state index in [4.69, 9.17) is 11.6 Å². The summed E-state index contributed by atoms with van der Waals surface area (Å²) in [5, 5.41) is 4.53. The number of anilines is 1. The standard InChI is InChI=1S/C16H10BrClN2O2S2/c17-7-4-5-8-11(6-7)23-14(12(8)18)15(22)20-16-19-9-2-1-3-10(21)13(9)24-16/h4-6H,1-3H2,(H,19,20,22). The minimum Gasteiger partial charge on any atom is -0.297 e. The maximum Gasteiger partial charge on any atom is 0.269 e. The summed E-state index contributed by atoms with van der Waals surface area (Å²) in [6.07, 6.45) is 2.16. The van der Waals surface area contributed by atoms with E-state index in [-0.39, 0.29) is 11.7 Å². The van der Waals surface area contributed by atoms with Crippen LogP contribution in [-0.2, 0) is 6.42 Å². The predicted molar refractivity (Wildman–Crippen MR) is 102 cm³/mol. The number of hydrogen-bond donors (Lipinski definition) is 1. The smallest absolute Gasteiger partial charge is 0.269 e. The molecule has 0 unspecified atom stereocenters. The van der Waals surface area contributed by atoms with E-state index >= 15 is 0 Å². The van der Waals surface area contributed by atoms with Gasteiger partial charge >= 0.3 is 0 Å². The summed E-state index contributed by atoms with van der Waals surface area (Å²) >= 11 is 12.4. The third-order valence-electron chi connectivity index (χ3n) is 3.79. The van der Waals surface area contributed by atoms with Gasteiger partial charge in [-0.25, -0.2) is 4.98 Å². The lowest BCUT2D eigenvalue weighted by atomic mass is 10.0. The molecule has 0 saturated heterocycles. The van der Waals surface area contributed by atoms with Crippen molar-refractivity contribution in [2.24, 2.45) is 0 Å². The number of thiophene rings is 1. The van der Waals surface area contributed by atoms with E-state index in [0.717, 1.165) is 33.1 Å².